The largest absolute Gasteiger partial charge is 0.378 e. The molecule has 1 saturated heterocycles. The first-order chi connectivity index (χ1) is 14.1. The van der Waals surface area contributed by atoms with Crippen LogP contribution in [0.3, 0.4) is 0 Å². The van der Waals surface area contributed by atoms with E-state index < -0.39 is 5.92 Å². The minimum Gasteiger partial charge on any atom is -0.378 e. The molecule has 1 fully saturated rings. The van der Waals surface area contributed by atoms with Gasteiger partial charge in [0.1, 0.15) is 0 Å². The number of nitrogens with one attached hydrogen (secondary N) is 2. The maximum atomic E-state index is 12.9. The monoisotopic (exact) mass is 400 g/mol. The lowest BCUT2D eigenvalue weighted by atomic mass is 9.81. The fourth-order valence-corrected chi connectivity index (χ4v) is 3.62. The second-order valence-electron chi connectivity index (χ2n) is 7.27. The zero-order valence-electron chi connectivity index (χ0n) is 16.5. The van der Waals surface area contributed by atoms with E-state index in [1.807, 2.05) is 24.3 Å². The van der Waals surface area contributed by atoms with Crippen LogP contribution in [0.4, 0.5) is 0 Å². The number of rotatable bonds is 7. The summed E-state index contributed by atoms with van der Waals surface area (Å²) in [4.78, 5) is 43.3. The molecule has 29 heavy (non-hydrogen) atoms. The lowest BCUT2D eigenvalue weighted by molar-refractivity contribution is -0.145. The highest BCUT2D eigenvalue weighted by atomic mass is 16.5. The molecule has 8 heteroatoms. The molecule has 8 nitrogen and oxygen atoms in total. The second-order valence-corrected chi connectivity index (χ2v) is 7.27. The summed E-state index contributed by atoms with van der Waals surface area (Å²) in [6.45, 7) is 2.88. The summed E-state index contributed by atoms with van der Waals surface area (Å²) in [5.41, 5.74) is 0.920. The van der Waals surface area contributed by atoms with Crippen molar-refractivity contribution in [1.29, 1.82) is 0 Å². The summed E-state index contributed by atoms with van der Waals surface area (Å²) in [6, 6.07) is 3.70. The third kappa shape index (κ3) is 6.12. The van der Waals surface area contributed by atoms with Crippen LogP contribution >= 0.6 is 0 Å². The van der Waals surface area contributed by atoms with Crippen LogP contribution in [0.1, 0.15) is 24.8 Å². The summed E-state index contributed by atoms with van der Waals surface area (Å²) in [5.74, 6) is -1.03. The van der Waals surface area contributed by atoms with Crippen LogP contribution in [0.5, 0.6) is 0 Å². The highest BCUT2D eigenvalue weighted by Crippen LogP contribution is 2.28. The molecule has 0 bridgehead atoms. The average Bonchev–Trinajstić information content (AvgIpc) is 2.78. The topological polar surface area (TPSA) is 101 Å². The Balaban J connectivity index is 1.43. The molecule has 2 heterocycles. The van der Waals surface area contributed by atoms with Gasteiger partial charge in [0, 0.05) is 45.0 Å². The van der Waals surface area contributed by atoms with E-state index in [1.54, 1.807) is 17.3 Å². The molecule has 1 aliphatic heterocycles. The van der Waals surface area contributed by atoms with E-state index in [0.29, 0.717) is 45.7 Å². The van der Waals surface area contributed by atoms with Gasteiger partial charge in [0.25, 0.3) is 0 Å². The normalized spacial score (nSPS) is 21.4. The third-order valence-electron chi connectivity index (χ3n) is 5.27. The van der Waals surface area contributed by atoms with Crippen molar-refractivity contribution in [3.63, 3.8) is 0 Å². The highest BCUT2D eigenvalue weighted by molar-refractivity contribution is 5.88. The fraction of sp³-hybridized carbons (Fsp3) is 0.524. The van der Waals surface area contributed by atoms with Gasteiger partial charge < -0.3 is 20.3 Å². The van der Waals surface area contributed by atoms with Gasteiger partial charge >= 0.3 is 0 Å². The average molecular weight is 400 g/mol. The number of ether oxygens (including phenoxy) is 1. The van der Waals surface area contributed by atoms with Crippen molar-refractivity contribution in [2.75, 3.05) is 32.8 Å². The molecule has 0 spiro atoms. The van der Waals surface area contributed by atoms with E-state index in [0.717, 1.165) is 5.56 Å². The first-order valence-corrected chi connectivity index (χ1v) is 10.1. The Labute approximate surface area is 170 Å². The van der Waals surface area contributed by atoms with Crippen LogP contribution in [-0.2, 0) is 25.7 Å². The number of carbonyl (C=O) groups is 3. The van der Waals surface area contributed by atoms with Crippen LogP contribution in [0, 0.1) is 11.8 Å². The number of amides is 3. The first-order valence-electron chi connectivity index (χ1n) is 10.1. The van der Waals surface area contributed by atoms with E-state index in [2.05, 4.69) is 15.6 Å². The Morgan fingerprint density at radius 2 is 1.86 bits per heavy atom. The van der Waals surface area contributed by atoms with Crippen LogP contribution < -0.4 is 10.6 Å². The maximum absolute atomic E-state index is 12.9. The van der Waals surface area contributed by atoms with Gasteiger partial charge in [0.15, 0.2) is 0 Å². The van der Waals surface area contributed by atoms with Crippen molar-refractivity contribution >= 4 is 17.7 Å². The van der Waals surface area contributed by atoms with Gasteiger partial charge in [-0.05, 0) is 24.5 Å². The quantitative estimate of drug-likeness (QED) is 0.655. The van der Waals surface area contributed by atoms with Gasteiger partial charge in [-0.25, -0.2) is 0 Å². The molecular formula is C21H28N4O4. The van der Waals surface area contributed by atoms with Crippen molar-refractivity contribution in [1.82, 2.24) is 20.5 Å². The van der Waals surface area contributed by atoms with E-state index in [9.17, 15) is 14.4 Å². The number of hydrogen-bond acceptors (Lipinski definition) is 5. The smallest absolute Gasteiger partial charge is 0.226 e. The number of nitrogens with zero attached hydrogens (tertiary/aromatic N) is 2. The van der Waals surface area contributed by atoms with Gasteiger partial charge in [0.05, 0.1) is 25.0 Å². The Morgan fingerprint density at radius 3 is 2.59 bits per heavy atom. The lowest BCUT2D eigenvalue weighted by Crippen LogP contribution is -2.48. The van der Waals surface area contributed by atoms with Gasteiger partial charge in [0.2, 0.25) is 17.7 Å². The number of allylic oxidation sites excluding steroid dienone is 2. The number of carbonyl (C=O) groups excluding carboxylic acids is 3. The number of hydrogen-bond donors (Lipinski definition) is 2. The molecule has 0 aromatic carbocycles. The standard InChI is InChI=1S/C21H28N4O4/c26-19(24-15-16-4-3-8-22-14-16)7-9-23-20(27)17-5-1-2-6-18(17)21(28)25-10-12-29-13-11-25/h1-4,8,14,17-18H,5-7,9-13,15H2,(H,23,27)(H,24,26)/t17-,18-/m0/s1. The van der Waals surface area contributed by atoms with Crippen LogP contribution in [0.25, 0.3) is 0 Å². The Morgan fingerprint density at radius 1 is 1.10 bits per heavy atom. The van der Waals surface area contributed by atoms with Gasteiger partial charge in [-0.2, -0.15) is 0 Å². The van der Waals surface area contributed by atoms with Crippen molar-refractivity contribution in [2.45, 2.75) is 25.8 Å². The predicted molar refractivity (Wildman–Crippen MR) is 106 cm³/mol. The molecule has 1 aromatic heterocycles. The van der Waals surface area contributed by atoms with Gasteiger partial charge in [-0.1, -0.05) is 18.2 Å². The van der Waals surface area contributed by atoms with E-state index >= 15 is 0 Å². The summed E-state index contributed by atoms with van der Waals surface area (Å²) in [7, 11) is 0. The minimum atomic E-state index is -0.395. The highest BCUT2D eigenvalue weighted by Gasteiger charge is 2.36. The van der Waals surface area contributed by atoms with E-state index in [4.69, 9.17) is 4.74 Å². The van der Waals surface area contributed by atoms with Crippen LogP contribution in [0.2, 0.25) is 0 Å². The zero-order valence-corrected chi connectivity index (χ0v) is 16.5. The fourth-order valence-electron chi connectivity index (χ4n) is 3.62. The molecule has 0 radical (unpaired) electrons. The van der Waals surface area contributed by atoms with Crippen molar-refractivity contribution < 1.29 is 19.1 Å². The van der Waals surface area contributed by atoms with Crippen LogP contribution in [0.15, 0.2) is 36.7 Å². The molecule has 1 aliphatic carbocycles. The van der Waals surface area contributed by atoms with Crippen LogP contribution in [-0.4, -0.2) is 60.5 Å². The lowest BCUT2D eigenvalue weighted by Gasteiger charge is -2.34. The zero-order chi connectivity index (χ0) is 20.5. The number of morpholine rings is 1. The Hall–Kier alpha value is -2.74. The molecule has 0 saturated carbocycles. The molecule has 0 unspecified atom stereocenters. The second kappa shape index (κ2) is 10.7. The molecule has 2 aliphatic rings. The number of aromatic nitrogens is 1. The van der Waals surface area contributed by atoms with Gasteiger partial charge in [-0.15, -0.1) is 0 Å². The molecule has 2 atom stereocenters. The summed E-state index contributed by atoms with van der Waals surface area (Å²) in [5, 5.41) is 5.64. The van der Waals surface area contributed by atoms with Gasteiger partial charge in [-0.3, -0.25) is 19.4 Å². The molecule has 156 valence electrons. The maximum Gasteiger partial charge on any atom is 0.226 e. The minimum absolute atomic E-state index is 0.0204. The molecule has 2 N–H and O–H groups in total. The van der Waals surface area contributed by atoms with Crippen molar-refractivity contribution in [3.05, 3.63) is 42.2 Å². The van der Waals surface area contributed by atoms with Crippen molar-refractivity contribution in [3.8, 4) is 0 Å². The molecular weight excluding hydrogens is 372 g/mol. The summed E-state index contributed by atoms with van der Waals surface area (Å²) >= 11 is 0. The molecule has 1 aromatic rings. The summed E-state index contributed by atoms with van der Waals surface area (Å²) < 4.78 is 5.31. The Bertz CT molecular complexity index is 731. The summed E-state index contributed by atoms with van der Waals surface area (Å²) in [6.07, 6.45) is 8.60. The SMILES string of the molecule is O=C(CCNC(=O)[C@H]1CC=CC[C@@H]1C(=O)N1CCOCC1)NCc1cccnc1. The van der Waals surface area contributed by atoms with E-state index in [-0.39, 0.29) is 36.6 Å². The third-order valence-corrected chi connectivity index (χ3v) is 5.27. The predicted octanol–water partition coefficient (Wildman–Crippen LogP) is 0.645. The number of pyridine rings is 1. The molecule has 3 amide bonds. The first kappa shape index (κ1) is 21.0. The van der Waals surface area contributed by atoms with Crippen molar-refractivity contribution in [2.24, 2.45) is 11.8 Å². The Kier molecular flexibility index (Phi) is 7.75. The molecule has 3 rings (SSSR count). The van der Waals surface area contributed by atoms with E-state index in [1.165, 1.54) is 0 Å².